The Morgan fingerprint density at radius 2 is 1.57 bits per heavy atom. The van der Waals surface area contributed by atoms with Crippen LogP contribution in [0, 0.1) is 6.92 Å². The summed E-state index contributed by atoms with van der Waals surface area (Å²) in [5.74, 6) is 1.68. The number of pyridine rings is 1. The summed E-state index contributed by atoms with van der Waals surface area (Å²) in [6.07, 6.45) is 2.22. The molecule has 0 unspecified atom stereocenters. The fraction of sp³-hybridized carbons (Fsp3) is 0.281. The van der Waals surface area contributed by atoms with E-state index >= 15 is 0 Å². The molecule has 6 aromatic rings. The van der Waals surface area contributed by atoms with Crippen molar-refractivity contribution in [1.82, 2.24) is 4.57 Å². The van der Waals surface area contributed by atoms with Crippen molar-refractivity contribution in [2.24, 2.45) is 7.05 Å². The van der Waals surface area contributed by atoms with Crippen LogP contribution in [0.25, 0.3) is 46.9 Å². The predicted octanol–water partition coefficient (Wildman–Crippen LogP) is 7.70. The van der Waals surface area contributed by atoms with E-state index in [1.807, 2.05) is 0 Å². The second kappa shape index (κ2) is 7.82. The van der Waals surface area contributed by atoms with E-state index in [1.54, 1.807) is 4.26 Å². The van der Waals surface area contributed by atoms with Crippen molar-refractivity contribution in [3.05, 3.63) is 83.6 Å². The molecule has 3 aromatic heterocycles. The van der Waals surface area contributed by atoms with Gasteiger partial charge in [0.2, 0.25) is 0 Å². The number of para-hydroxylation sites is 1. The monoisotopic (exact) mass is 525 g/mol. The van der Waals surface area contributed by atoms with Gasteiger partial charge >= 0.3 is 214 Å². The number of hydrogen-bond donors (Lipinski definition) is 0. The molecule has 0 saturated carbocycles. The van der Waals surface area contributed by atoms with E-state index in [0.29, 0.717) is 20.4 Å². The Balaban J connectivity index is 1.90. The van der Waals surface area contributed by atoms with Crippen molar-refractivity contribution in [2.45, 2.75) is 52.9 Å². The van der Waals surface area contributed by atoms with Crippen molar-refractivity contribution in [3.63, 3.8) is 0 Å². The molecule has 0 aliphatic rings. The van der Waals surface area contributed by atoms with Crippen LogP contribution in [-0.2, 0) is 12.5 Å². The van der Waals surface area contributed by atoms with Crippen LogP contribution in [0.5, 0.6) is 0 Å². The first-order valence-corrected chi connectivity index (χ1v) is 14.3. The third kappa shape index (κ3) is 3.25. The third-order valence-electron chi connectivity index (χ3n) is 7.52. The van der Waals surface area contributed by atoms with E-state index in [0.717, 1.165) is 0 Å². The Kier molecular flexibility index (Phi) is 5.04. The number of aromatic nitrogens is 2. The molecular formula is C32H33N2Se+. The molecule has 35 heavy (non-hydrogen) atoms. The standard InChI is InChI=1S/C32H33N2Se/c1-19(2)27-20(3)30-29(31-28(27)23-13-9-11-15-25(23)35-31)22-12-8-10-14-24(22)34(30)26-18-21(32(4,5)6)16-17-33(26)7/h8-19H,1-7H3/q+1. The molecule has 0 aliphatic heterocycles. The van der Waals surface area contributed by atoms with Crippen LogP contribution >= 0.6 is 0 Å². The Hall–Kier alpha value is -2.87. The van der Waals surface area contributed by atoms with Gasteiger partial charge in [0, 0.05) is 0 Å². The molecule has 0 fully saturated rings. The average molecular weight is 525 g/mol. The van der Waals surface area contributed by atoms with Crippen molar-refractivity contribution in [2.75, 3.05) is 0 Å². The summed E-state index contributed by atoms with van der Waals surface area (Å²) >= 11 is 0.298. The summed E-state index contributed by atoms with van der Waals surface area (Å²) in [6.45, 7) is 14.0. The van der Waals surface area contributed by atoms with Gasteiger partial charge in [0.15, 0.2) is 0 Å². The summed E-state index contributed by atoms with van der Waals surface area (Å²) in [5, 5.41) is 5.78. The molecule has 3 aromatic carbocycles. The molecule has 0 radical (unpaired) electrons. The molecule has 0 aliphatic carbocycles. The predicted molar refractivity (Wildman–Crippen MR) is 151 cm³/mol. The normalized spacial score (nSPS) is 12.7. The Bertz CT molecular complexity index is 1770. The number of benzene rings is 3. The molecule has 0 amide bonds. The number of rotatable bonds is 2. The maximum atomic E-state index is 2.54. The Morgan fingerprint density at radius 3 is 2.29 bits per heavy atom. The molecule has 0 spiro atoms. The van der Waals surface area contributed by atoms with Gasteiger partial charge in [-0.1, -0.05) is 0 Å². The molecule has 176 valence electrons. The number of fused-ring (bicyclic) bond motifs is 7. The van der Waals surface area contributed by atoms with Gasteiger partial charge in [-0.05, 0) is 0 Å². The minimum atomic E-state index is 0.0892. The summed E-state index contributed by atoms with van der Waals surface area (Å²) in [6, 6.07) is 22.8. The minimum absolute atomic E-state index is 0.0892. The van der Waals surface area contributed by atoms with E-state index in [-0.39, 0.29) is 5.41 Å². The van der Waals surface area contributed by atoms with Gasteiger partial charge < -0.3 is 0 Å². The molecule has 0 N–H and O–H groups in total. The second-order valence-electron chi connectivity index (χ2n) is 11.2. The molecule has 3 heteroatoms. The molecule has 0 bridgehead atoms. The van der Waals surface area contributed by atoms with Crippen LogP contribution in [0.3, 0.4) is 0 Å². The third-order valence-corrected chi connectivity index (χ3v) is 10.0. The van der Waals surface area contributed by atoms with E-state index in [2.05, 4.69) is 125 Å². The van der Waals surface area contributed by atoms with Gasteiger partial charge in [0.1, 0.15) is 0 Å². The van der Waals surface area contributed by atoms with E-state index < -0.39 is 0 Å². The van der Waals surface area contributed by atoms with Gasteiger partial charge in [-0.2, -0.15) is 0 Å². The zero-order valence-electron chi connectivity index (χ0n) is 21.7. The van der Waals surface area contributed by atoms with E-state index in [4.69, 9.17) is 0 Å². The molecular weight excluding hydrogens is 491 g/mol. The molecule has 6 rings (SSSR count). The van der Waals surface area contributed by atoms with Crippen LogP contribution in [0.2, 0.25) is 0 Å². The summed E-state index contributed by atoms with van der Waals surface area (Å²) < 4.78 is 7.90. The number of nitrogens with zero attached hydrogens (tertiary/aromatic N) is 2. The fourth-order valence-corrected chi connectivity index (χ4v) is 8.51. The summed E-state index contributed by atoms with van der Waals surface area (Å²) in [4.78, 5) is 0. The maximum absolute atomic E-state index is 2.54. The van der Waals surface area contributed by atoms with Crippen molar-refractivity contribution >= 4 is 55.6 Å². The van der Waals surface area contributed by atoms with Crippen LogP contribution in [0.15, 0.2) is 66.9 Å². The van der Waals surface area contributed by atoms with Crippen LogP contribution in [0.4, 0.5) is 0 Å². The Labute approximate surface area is 213 Å². The zero-order valence-corrected chi connectivity index (χ0v) is 23.4. The first-order chi connectivity index (χ1) is 16.7. The quantitative estimate of drug-likeness (QED) is 0.162. The van der Waals surface area contributed by atoms with Gasteiger partial charge in [0.25, 0.3) is 0 Å². The van der Waals surface area contributed by atoms with Gasteiger partial charge in [-0.15, -0.1) is 0 Å². The summed E-state index contributed by atoms with van der Waals surface area (Å²) in [5.41, 5.74) is 7.05. The first-order valence-electron chi connectivity index (χ1n) is 12.6. The van der Waals surface area contributed by atoms with Crippen LogP contribution < -0.4 is 4.57 Å². The summed E-state index contributed by atoms with van der Waals surface area (Å²) in [7, 11) is 2.17. The topological polar surface area (TPSA) is 8.81 Å². The van der Waals surface area contributed by atoms with Crippen LogP contribution in [0.1, 0.15) is 57.2 Å². The van der Waals surface area contributed by atoms with Gasteiger partial charge in [-0.3, -0.25) is 0 Å². The second-order valence-corrected chi connectivity index (χ2v) is 13.4. The van der Waals surface area contributed by atoms with Gasteiger partial charge in [0.05, 0.1) is 0 Å². The van der Waals surface area contributed by atoms with Crippen molar-refractivity contribution in [3.8, 4) is 5.82 Å². The van der Waals surface area contributed by atoms with Crippen molar-refractivity contribution in [1.29, 1.82) is 0 Å². The SMILES string of the molecule is Cc1c(C(C)C)c2c3ccccc3[se]c2c2c3ccccc3n(-c3cc(C(C)(C)C)cc[n+]3C)c12. The van der Waals surface area contributed by atoms with Gasteiger partial charge in [-0.25, -0.2) is 0 Å². The molecule has 2 nitrogen and oxygen atoms in total. The van der Waals surface area contributed by atoms with Crippen molar-refractivity contribution < 1.29 is 4.57 Å². The van der Waals surface area contributed by atoms with E-state index in [9.17, 15) is 0 Å². The fourth-order valence-electron chi connectivity index (χ4n) is 5.83. The molecule has 0 saturated heterocycles. The van der Waals surface area contributed by atoms with Crippen LogP contribution in [-0.4, -0.2) is 19.1 Å². The van der Waals surface area contributed by atoms with E-state index in [1.165, 1.54) is 59.3 Å². The Morgan fingerprint density at radius 1 is 0.886 bits per heavy atom. The molecule has 3 heterocycles. The number of aryl methyl sites for hydroxylation is 2. The molecule has 0 atom stereocenters. The number of hydrogen-bond acceptors (Lipinski definition) is 0. The zero-order chi connectivity index (χ0) is 24.6. The average Bonchev–Trinajstić information content (AvgIpc) is 3.35. The first kappa shape index (κ1) is 22.6.